The number of carbonyl (C=O) groups is 2. The number of hydrogen-bond donors (Lipinski definition) is 1. The quantitative estimate of drug-likeness (QED) is 0.324. The van der Waals surface area contributed by atoms with Gasteiger partial charge in [0.05, 0.1) is 36.6 Å². The second kappa shape index (κ2) is 8.42. The van der Waals surface area contributed by atoms with Crippen LogP contribution in [-0.2, 0) is 9.84 Å². The molecule has 2 N–H and O–H groups in total. The van der Waals surface area contributed by atoms with E-state index in [1.54, 1.807) is 37.3 Å². The molecule has 0 saturated carbocycles. The average Bonchev–Trinajstić information content (AvgIpc) is 2.90. The summed E-state index contributed by atoms with van der Waals surface area (Å²) in [7, 11) is -2.07. The zero-order chi connectivity index (χ0) is 22.2. The van der Waals surface area contributed by atoms with Crippen molar-refractivity contribution in [2.45, 2.75) is 13.0 Å². The van der Waals surface area contributed by atoms with Crippen molar-refractivity contribution < 1.29 is 27.5 Å². The number of amides is 2. The summed E-state index contributed by atoms with van der Waals surface area (Å²) in [6, 6.07) is 6.95. The van der Waals surface area contributed by atoms with E-state index in [0.29, 0.717) is 27.2 Å². The van der Waals surface area contributed by atoms with Crippen LogP contribution in [0.25, 0.3) is 0 Å². The number of hydrogen-bond acceptors (Lipinski definition) is 7. The highest BCUT2D eigenvalue weighted by Crippen LogP contribution is 2.38. The van der Waals surface area contributed by atoms with Gasteiger partial charge < -0.3 is 15.2 Å². The molecule has 1 aliphatic heterocycles. The molecular weight excluding hydrogens is 523 g/mol. The van der Waals surface area contributed by atoms with Crippen molar-refractivity contribution in [1.29, 1.82) is 0 Å². The molecule has 2 aromatic rings. The minimum atomic E-state index is -3.55. The lowest BCUT2D eigenvalue weighted by molar-refractivity contribution is 0.0598. The van der Waals surface area contributed by atoms with Gasteiger partial charge in [-0.3, -0.25) is 14.5 Å². The van der Waals surface area contributed by atoms with Gasteiger partial charge in [0.15, 0.2) is 11.5 Å². The second-order valence-corrected chi connectivity index (χ2v) is 10.3. The van der Waals surface area contributed by atoms with Crippen LogP contribution in [0.4, 0.5) is 5.69 Å². The van der Waals surface area contributed by atoms with Crippen LogP contribution in [0.15, 0.2) is 30.3 Å². The van der Waals surface area contributed by atoms with Gasteiger partial charge in [0.25, 0.3) is 11.8 Å². The van der Waals surface area contributed by atoms with Gasteiger partial charge in [-0.2, -0.15) is 0 Å². The maximum Gasteiger partial charge on any atom is 0.264 e. The standard InChI is InChI=1S/C20H21IN2O6S/c1-4-29-17-7-11(5-6-16(17)28-2)15(10-30(3,26)27)23-19(24)13-8-12(21)9-14(22)18(13)20(23)25/h5-9,15H,4,10,22H2,1-3H3/t15-/m1/s1. The van der Waals surface area contributed by atoms with Gasteiger partial charge in [-0.1, -0.05) is 6.07 Å². The Labute approximate surface area is 188 Å². The van der Waals surface area contributed by atoms with Gasteiger partial charge in [-0.25, -0.2) is 8.42 Å². The van der Waals surface area contributed by atoms with Crippen LogP contribution in [0.1, 0.15) is 39.2 Å². The van der Waals surface area contributed by atoms with E-state index >= 15 is 0 Å². The molecule has 2 amide bonds. The lowest BCUT2D eigenvalue weighted by Crippen LogP contribution is -2.37. The highest BCUT2D eigenvalue weighted by atomic mass is 127. The molecule has 0 bridgehead atoms. The maximum atomic E-state index is 13.1. The molecule has 0 spiro atoms. The Morgan fingerprint density at radius 3 is 2.43 bits per heavy atom. The zero-order valence-corrected chi connectivity index (χ0v) is 19.6. The number of methoxy groups -OCH3 is 1. The maximum absolute atomic E-state index is 13.1. The Kier molecular flexibility index (Phi) is 6.27. The Bertz CT molecular complexity index is 1130. The van der Waals surface area contributed by atoms with Gasteiger partial charge in [-0.15, -0.1) is 0 Å². The summed E-state index contributed by atoms with van der Waals surface area (Å²) in [6.07, 6.45) is 1.06. The first-order chi connectivity index (χ1) is 14.1. The predicted octanol–water partition coefficient (Wildman–Crippen LogP) is 2.66. The molecule has 0 radical (unpaired) electrons. The number of benzene rings is 2. The minimum absolute atomic E-state index is 0.0949. The number of nitrogen functional groups attached to an aromatic ring is 1. The van der Waals surface area contributed by atoms with Crippen LogP contribution >= 0.6 is 22.6 Å². The fourth-order valence-electron chi connectivity index (χ4n) is 3.44. The van der Waals surface area contributed by atoms with E-state index in [4.69, 9.17) is 15.2 Å². The summed E-state index contributed by atoms with van der Waals surface area (Å²) in [6.45, 7) is 2.16. The predicted molar refractivity (Wildman–Crippen MR) is 121 cm³/mol. The summed E-state index contributed by atoms with van der Waals surface area (Å²) < 4.78 is 35.9. The number of imide groups is 1. The van der Waals surface area contributed by atoms with Crippen LogP contribution in [0, 0.1) is 3.57 Å². The van der Waals surface area contributed by atoms with Crippen molar-refractivity contribution in [3.63, 3.8) is 0 Å². The summed E-state index contributed by atoms with van der Waals surface area (Å²) in [4.78, 5) is 27.3. The Morgan fingerprint density at radius 2 is 1.83 bits per heavy atom. The van der Waals surface area contributed by atoms with Crippen LogP contribution in [0.5, 0.6) is 11.5 Å². The van der Waals surface area contributed by atoms with E-state index in [0.717, 1.165) is 11.2 Å². The number of anilines is 1. The number of rotatable bonds is 7. The van der Waals surface area contributed by atoms with Gasteiger partial charge in [-0.05, 0) is 59.3 Å². The monoisotopic (exact) mass is 544 g/mol. The molecule has 0 unspecified atom stereocenters. The molecule has 1 heterocycles. The molecule has 2 aromatic carbocycles. The largest absolute Gasteiger partial charge is 0.493 e. The molecule has 0 saturated heterocycles. The van der Waals surface area contributed by atoms with Crippen molar-refractivity contribution in [1.82, 2.24) is 4.90 Å². The number of halogens is 1. The van der Waals surface area contributed by atoms with Crippen LogP contribution in [0.3, 0.4) is 0 Å². The molecule has 0 fully saturated rings. The van der Waals surface area contributed by atoms with Crippen molar-refractivity contribution in [2.24, 2.45) is 0 Å². The first kappa shape index (κ1) is 22.3. The molecule has 0 aliphatic carbocycles. The summed E-state index contributed by atoms with van der Waals surface area (Å²) in [5, 5.41) is 0. The Hall–Kier alpha value is -2.34. The first-order valence-electron chi connectivity index (χ1n) is 9.02. The Balaban J connectivity index is 2.14. The number of nitrogens with zero attached hydrogens (tertiary/aromatic N) is 1. The zero-order valence-electron chi connectivity index (χ0n) is 16.6. The molecular formula is C20H21IN2O6S. The van der Waals surface area contributed by atoms with E-state index in [1.807, 2.05) is 22.6 Å². The normalized spacial score (nSPS) is 14.6. The van der Waals surface area contributed by atoms with Gasteiger partial charge in [0.2, 0.25) is 0 Å². The van der Waals surface area contributed by atoms with Crippen molar-refractivity contribution in [3.05, 3.63) is 50.6 Å². The molecule has 1 aliphatic rings. The third-order valence-electron chi connectivity index (χ3n) is 4.66. The van der Waals surface area contributed by atoms with E-state index in [2.05, 4.69) is 0 Å². The van der Waals surface area contributed by atoms with Crippen molar-refractivity contribution >= 4 is 49.9 Å². The van der Waals surface area contributed by atoms with Crippen molar-refractivity contribution in [3.8, 4) is 11.5 Å². The van der Waals surface area contributed by atoms with E-state index < -0.39 is 33.4 Å². The second-order valence-electron chi connectivity index (χ2n) is 6.85. The number of fused-ring (bicyclic) bond motifs is 1. The molecule has 3 rings (SSSR count). The highest BCUT2D eigenvalue weighted by molar-refractivity contribution is 14.1. The third kappa shape index (κ3) is 4.24. The van der Waals surface area contributed by atoms with Gasteiger partial charge in [0.1, 0.15) is 9.84 Å². The molecule has 30 heavy (non-hydrogen) atoms. The lowest BCUT2D eigenvalue weighted by Gasteiger charge is -2.26. The fourth-order valence-corrected chi connectivity index (χ4v) is 5.00. The van der Waals surface area contributed by atoms with E-state index in [1.165, 1.54) is 7.11 Å². The SMILES string of the molecule is CCOc1cc([C@@H](CS(C)(=O)=O)N2C(=O)c3cc(I)cc(N)c3C2=O)ccc1OC. The first-order valence-corrected chi connectivity index (χ1v) is 12.2. The number of ether oxygens (including phenoxy) is 2. The van der Waals surface area contributed by atoms with Gasteiger partial charge >= 0.3 is 0 Å². The Morgan fingerprint density at radius 1 is 1.13 bits per heavy atom. The van der Waals surface area contributed by atoms with E-state index in [-0.39, 0.29) is 16.8 Å². The minimum Gasteiger partial charge on any atom is -0.493 e. The smallest absolute Gasteiger partial charge is 0.264 e. The topological polar surface area (TPSA) is 116 Å². The molecule has 160 valence electrons. The summed E-state index contributed by atoms with van der Waals surface area (Å²) in [5.74, 6) is -0.789. The molecule has 10 heteroatoms. The summed E-state index contributed by atoms with van der Waals surface area (Å²) >= 11 is 2.01. The molecule has 0 aromatic heterocycles. The third-order valence-corrected chi connectivity index (χ3v) is 6.20. The molecule has 8 nitrogen and oxygen atoms in total. The van der Waals surface area contributed by atoms with Crippen LogP contribution in [-0.4, -0.2) is 50.9 Å². The fraction of sp³-hybridized carbons (Fsp3) is 0.300. The number of carbonyl (C=O) groups excluding carboxylic acids is 2. The summed E-state index contributed by atoms with van der Waals surface area (Å²) in [5.41, 5.74) is 6.88. The van der Waals surface area contributed by atoms with Gasteiger partial charge in [0, 0.05) is 15.5 Å². The van der Waals surface area contributed by atoms with Crippen LogP contribution < -0.4 is 15.2 Å². The highest BCUT2D eigenvalue weighted by Gasteiger charge is 2.43. The lowest BCUT2D eigenvalue weighted by atomic mass is 10.1. The molecule has 1 atom stereocenters. The average molecular weight is 544 g/mol. The van der Waals surface area contributed by atoms with Crippen LogP contribution in [0.2, 0.25) is 0 Å². The van der Waals surface area contributed by atoms with Crippen molar-refractivity contribution in [2.75, 3.05) is 31.5 Å². The van der Waals surface area contributed by atoms with E-state index in [9.17, 15) is 18.0 Å². The number of nitrogens with two attached hydrogens (primary N) is 1. The number of sulfone groups is 1.